The van der Waals surface area contributed by atoms with Crippen molar-refractivity contribution in [3.05, 3.63) is 59.1 Å². The van der Waals surface area contributed by atoms with Crippen LogP contribution in [0.2, 0.25) is 5.02 Å². The van der Waals surface area contributed by atoms with E-state index in [1.54, 1.807) is 29.2 Å². The maximum absolute atomic E-state index is 13.2. The predicted molar refractivity (Wildman–Crippen MR) is 110 cm³/mol. The van der Waals surface area contributed by atoms with Crippen molar-refractivity contribution in [1.29, 1.82) is 0 Å². The first-order valence-electron chi connectivity index (χ1n) is 7.99. The Hall–Kier alpha value is -1.77. The summed E-state index contributed by atoms with van der Waals surface area (Å²) in [5.74, 6) is 0. The van der Waals surface area contributed by atoms with Crippen molar-refractivity contribution < 1.29 is 13.2 Å². The minimum atomic E-state index is -4.47. The largest absolute Gasteiger partial charge is 0.418 e. The number of benzene rings is 2. The average Bonchev–Trinajstić information content (AvgIpc) is 2.95. The van der Waals surface area contributed by atoms with E-state index in [0.29, 0.717) is 27.5 Å². The zero-order valence-electron chi connectivity index (χ0n) is 14.1. The Kier molecular flexibility index (Phi) is 5.98. The number of anilines is 1. The Bertz CT molecular complexity index is 886. The third-order valence-electron chi connectivity index (χ3n) is 3.72. The summed E-state index contributed by atoms with van der Waals surface area (Å²) in [4.78, 5) is 5.98. The van der Waals surface area contributed by atoms with E-state index < -0.39 is 11.7 Å². The second-order valence-electron chi connectivity index (χ2n) is 5.89. The third-order valence-corrected chi connectivity index (χ3v) is 5.36. The molecule has 0 radical (unpaired) electrons. The molecule has 2 aromatic carbocycles. The summed E-state index contributed by atoms with van der Waals surface area (Å²) < 4.78 is 39.7. The lowest BCUT2D eigenvalue weighted by molar-refractivity contribution is -0.137. The molecular formula is C18H15ClF3N3S2. The van der Waals surface area contributed by atoms with Crippen LogP contribution in [0.25, 0.3) is 0 Å². The van der Waals surface area contributed by atoms with Gasteiger partial charge in [0.2, 0.25) is 0 Å². The van der Waals surface area contributed by atoms with Crippen LogP contribution >= 0.6 is 35.6 Å². The number of rotatable bonds is 2. The van der Waals surface area contributed by atoms with Crippen molar-refractivity contribution in [2.24, 2.45) is 4.99 Å². The number of thiocarbonyl (C=S) groups is 1. The average molecular weight is 430 g/mol. The van der Waals surface area contributed by atoms with Crippen molar-refractivity contribution in [2.45, 2.75) is 18.3 Å². The summed E-state index contributed by atoms with van der Waals surface area (Å²) in [5.41, 5.74) is -0.199. The minimum absolute atomic E-state index is 0.128. The maximum atomic E-state index is 13.2. The van der Waals surface area contributed by atoms with E-state index >= 15 is 0 Å². The molecule has 0 spiro atoms. The molecule has 1 aliphatic heterocycles. The summed E-state index contributed by atoms with van der Waals surface area (Å²) >= 11 is 12.8. The standard InChI is InChI=1S/C18H15ClF3N3S2/c1-11-10-25(16(26)23-13-6-4-5-12(19)9-13)17(27-11)24-15-8-3-2-7-14(15)18(20,21)22/h2-9,11H,10H2,1H3,(H,23,26). The Morgan fingerprint density at radius 1 is 1.26 bits per heavy atom. The first kappa shape index (κ1) is 20.0. The summed E-state index contributed by atoms with van der Waals surface area (Å²) in [7, 11) is 0. The summed E-state index contributed by atoms with van der Waals surface area (Å²) in [6, 6.07) is 12.3. The number of halogens is 4. The van der Waals surface area contributed by atoms with Crippen molar-refractivity contribution in [3.63, 3.8) is 0 Å². The highest BCUT2D eigenvalue weighted by atomic mass is 35.5. The lowest BCUT2D eigenvalue weighted by Gasteiger charge is -2.20. The highest BCUT2D eigenvalue weighted by Gasteiger charge is 2.34. The van der Waals surface area contributed by atoms with Crippen LogP contribution in [-0.2, 0) is 6.18 Å². The van der Waals surface area contributed by atoms with E-state index in [9.17, 15) is 13.2 Å². The predicted octanol–water partition coefficient (Wildman–Crippen LogP) is 6.18. The normalized spacial score (nSPS) is 18.8. The van der Waals surface area contributed by atoms with Crippen molar-refractivity contribution in [2.75, 3.05) is 11.9 Å². The smallest absolute Gasteiger partial charge is 0.332 e. The van der Waals surface area contributed by atoms with Crippen molar-refractivity contribution >= 4 is 57.2 Å². The van der Waals surface area contributed by atoms with Gasteiger partial charge in [0.1, 0.15) is 0 Å². The highest BCUT2D eigenvalue weighted by Crippen LogP contribution is 2.38. The van der Waals surface area contributed by atoms with Crippen LogP contribution in [0.3, 0.4) is 0 Å². The van der Waals surface area contributed by atoms with Gasteiger partial charge in [0.05, 0.1) is 11.3 Å². The van der Waals surface area contributed by atoms with E-state index in [0.717, 1.165) is 6.07 Å². The maximum Gasteiger partial charge on any atom is 0.418 e. The van der Waals surface area contributed by atoms with Gasteiger partial charge in [-0.15, -0.1) is 0 Å². The molecule has 142 valence electrons. The lowest BCUT2D eigenvalue weighted by Crippen LogP contribution is -2.36. The fraction of sp³-hybridized carbons (Fsp3) is 0.222. The molecule has 27 heavy (non-hydrogen) atoms. The zero-order chi connectivity index (χ0) is 19.6. The molecule has 1 unspecified atom stereocenters. The number of amidine groups is 1. The summed E-state index contributed by atoms with van der Waals surface area (Å²) in [6.07, 6.45) is -4.47. The van der Waals surface area contributed by atoms with Crippen LogP contribution < -0.4 is 5.32 Å². The van der Waals surface area contributed by atoms with Crippen LogP contribution in [0, 0.1) is 0 Å². The quantitative estimate of drug-likeness (QED) is 0.577. The molecule has 1 fully saturated rings. The van der Waals surface area contributed by atoms with Crippen LogP contribution in [-0.4, -0.2) is 27.0 Å². The number of hydrogen-bond acceptors (Lipinski definition) is 3. The van der Waals surface area contributed by atoms with Crippen molar-refractivity contribution in [3.8, 4) is 0 Å². The molecular weight excluding hydrogens is 415 g/mol. The summed E-state index contributed by atoms with van der Waals surface area (Å²) in [5, 5.41) is 4.55. The molecule has 1 heterocycles. The van der Waals surface area contributed by atoms with Gasteiger partial charge in [0.25, 0.3) is 0 Å². The summed E-state index contributed by atoms with van der Waals surface area (Å²) in [6.45, 7) is 2.52. The van der Waals surface area contributed by atoms with Crippen LogP contribution in [0.5, 0.6) is 0 Å². The Morgan fingerprint density at radius 3 is 2.70 bits per heavy atom. The molecule has 0 amide bonds. The first-order valence-corrected chi connectivity index (χ1v) is 9.66. The van der Waals surface area contributed by atoms with Gasteiger partial charge in [0, 0.05) is 22.5 Å². The monoisotopic (exact) mass is 429 g/mol. The lowest BCUT2D eigenvalue weighted by atomic mass is 10.2. The number of hydrogen-bond donors (Lipinski definition) is 1. The third kappa shape index (κ3) is 4.94. The molecule has 0 saturated carbocycles. The minimum Gasteiger partial charge on any atom is -0.332 e. The molecule has 0 aliphatic carbocycles. The van der Waals surface area contributed by atoms with E-state index in [1.807, 2.05) is 6.92 Å². The molecule has 1 N–H and O–H groups in total. The fourth-order valence-corrected chi connectivity index (χ4v) is 4.10. The van der Waals surface area contributed by atoms with E-state index in [2.05, 4.69) is 10.3 Å². The molecule has 0 aromatic heterocycles. The number of nitrogens with zero attached hydrogens (tertiary/aromatic N) is 2. The van der Waals surface area contributed by atoms with Gasteiger partial charge < -0.3 is 5.32 Å². The van der Waals surface area contributed by atoms with E-state index in [4.69, 9.17) is 23.8 Å². The van der Waals surface area contributed by atoms with E-state index in [1.165, 1.54) is 30.0 Å². The second kappa shape index (κ2) is 8.08. The molecule has 1 atom stereocenters. The van der Waals surface area contributed by atoms with Crippen molar-refractivity contribution in [1.82, 2.24) is 4.90 Å². The molecule has 1 saturated heterocycles. The van der Waals surface area contributed by atoms with Gasteiger partial charge in [-0.3, -0.25) is 4.90 Å². The number of thioether (sulfide) groups is 1. The van der Waals surface area contributed by atoms with Crippen LogP contribution in [0.1, 0.15) is 12.5 Å². The molecule has 0 bridgehead atoms. The molecule has 1 aliphatic rings. The Labute approximate surface area is 169 Å². The van der Waals surface area contributed by atoms with Gasteiger partial charge in [-0.05, 0) is 42.5 Å². The topological polar surface area (TPSA) is 27.6 Å². The highest BCUT2D eigenvalue weighted by molar-refractivity contribution is 8.14. The van der Waals surface area contributed by atoms with Gasteiger partial charge in [0.15, 0.2) is 10.3 Å². The molecule has 9 heteroatoms. The number of alkyl halides is 3. The van der Waals surface area contributed by atoms with E-state index in [-0.39, 0.29) is 10.9 Å². The molecule has 3 nitrogen and oxygen atoms in total. The van der Waals surface area contributed by atoms with Gasteiger partial charge in [-0.1, -0.05) is 48.5 Å². The van der Waals surface area contributed by atoms with Gasteiger partial charge >= 0.3 is 6.18 Å². The van der Waals surface area contributed by atoms with Crippen LogP contribution in [0.15, 0.2) is 53.5 Å². The van der Waals surface area contributed by atoms with Crippen LogP contribution in [0.4, 0.5) is 24.5 Å². The van der Waals surface area contributed by atoms with Gasteiger partial charge in [-0.25, -0.2) is 4.99 Å². The fourth-order valence-electron chi connectivity index (χ4n) is 2.54. The Morgan fingerprint density at radius 2 is 2.00 bits per heavy atom. The second-order valence-corrected chi connectivity index (χ2v) is 8.12. The first-order chi connectivity index (χ1) is 12.7. The Balaban J connectivity index is 1.88. The number of nitrogens with one attached hydrogen (secondary N) is 1. The molecule has 3 rings (SSSR count). The molecule has 2 aromatic rings. The SMILES string of the molecule is CC1CN(C(=S)Nc2cccc(Cl)c2)C(=Nc2ccccc2C(F)(F)F)S1. The zero-order valence-corrected chi connectivity index (χ0v) is 16.5. The number of para-hydroxylation sites is 1. The number of aliphatic imine (C=N–C) groups is 1. The van der Waals surface area contributed by atoms with Gasteiger partial charge in [-0.2, -0.15) is 13.2 Å².